The zero-order valence-corrected chi connectivity index (χ0v) is 10.6. The van der Waals surface area contributed by atoms with Gasteiger partial charge in [-0.05, 0) is 19.9 Å². The highest BCUT2D eigenvalue weighted by Gasteiger charge is 2.16. The van der Waals surface area contributed by atoms with Crippen molar-refractivity contribution >= 4 is 5.69 Å². The minimum atomic E-state index is -0.838. The molecule has 2 unspecified atom stereocenters. The van der Waals surface area contributed by atoms with Crippen LogP contribution in [0.4, 0.5) is 5.69 Å². The van der Waals surface area contributed by atoms with Crippen LogP contribution in [0.2, 0.25) is 0 Å². The van der Waals surface area contributed by atoms with E-state index in [0.29, 0.717) is 17.9 Å². The quantitative estimate of drug-likeness (QED) is 0.621. The van der Waals surface area contributed by atoms with Crippen molar-refractivity contribution in [3.05, 3.63) is 33.9 Å². The number of hydrogen-bond acceptors (Lipinski definition) is 5. The van der Waals surface area contributed by atoms with Gasteiger partial charge in [0.1, 0.15) is 11.9 Å². The van der Waals surface area contributed by atoms with Crippen molar-refractivity contribution in [2.75, 3.05) is 13.7 Å². The molecule has 0 aliphatic rings. The van der Waals surface area contributed by atoms with Crippen molar-refractivity contribution in [2.45, 2.75) is 26.1 Å². The van der Waals surface area contributed by atoms with Crippen LogP contribution in [0.25, 0.3) is 0 Å². The molecule has 1 aromatic rings. The molecule has 1 aromatic carbocycles. The van der Waals surface area contributed by atoms with Crippen LogP contribution in [0.3, 0.4) is 0 Å². The van der Waals surface area contributed by atoms with Gasteiger partial charge in [0.15, 0.2) is 0 Å². The molecule has 0 aromatic heterocycles. The summed E-state index contributed by atoms with van der Waals surface area (Å²) in [6.07, 6.45) is -1.04. The van der Waals surface area contributed by atoms with Gasteiger partial charge in [-0.15, -0.1) is 0 Å². The maximum atomic E-state index is 10.7. The third-order valence-corrected chi connectivity index (χ3v) is 2.38. The summed E-state index contributed by atoms with van der Waals surface area (Å²) in [7, 11) is 1.56. The molecule has 0 saturated carbocycles. The van der Waals surface area contributed by atoms with Crippen LogP contribution >= 0.6 is 0 Å². The predicted molar refractivity (Wildman–Crippen MR) is 65.7 cm³/mol. The number of methoxy groups -OCH3 is 1. The Morgan fingerprint density at radius 2 is 2.11 bits per heavy atom. The van der Waals surface area contributed by atoms with Gasteiger partial charge in [-0.1, -0.05) is 0 Å². The topological polar surface area (TPSA) is 81.8 Å². The molecule has 0 amide bonds. The van der Waals surface area contributed by atoms with Crippen molar-refractivity contribution in [3.8, 4) is 5.75 Å². The van der Waals surface area contributed by atoms with Crippen molar-refractivity contribution in [3.63, 3.8) is 0 Å². The van der Waals surface area contributed by atoms with E-state index in [1.54, 1.807) is 7.11 Å². The standard InChI is InChI=1S/C12H17NO5/c1-8(7-17-3)18-12-5-4-10(13(15)16)6-11(12)9(2)14/h4-6,8-9,14H,7H2,1-3H3. The van der Waals surface area contributed by atoms with Crippen molar-refractivity contribution in [1.82, 2.24) is 0 Å². The minimum Gasteiger partial charge on any atom is -0.488 e. The molecule has 1 rings (SSSR count). The van der Waals surface area contributed by atoms with E-state index in [4.69, 9.17) is 9.47 Å². The van der Waals surface area contributed by atoms with Crippen LogP contribution in [0.5, 0.6) is 5.75 Å². The second-order valence-electron chi connectivity index (χ2n) is 4.04. The van der Waals surface area contributed by atoms with Gasteiger partial charge in [-0.3, -0.25) is 10.1 Å². The lowest BCUT2D eigenvalue weighted by atomic mass is 10.1. The fourth-order valence-corrected chi connectivity index (χ4v) is 1.57. The van der Waals surface area contributed by atoms with Crippen molar-refractivity contribution < 1.29 is 19.5 Å². The number of nitrogens with zero attached hydrogens (tertiary/aromatic N) is 1. The number of hydrogen-bond donors (Lipinski definition) is 1. The summed E-state index contributed by atoms with van der Waals surface area (Å²) in [6, 6.07) is 4.16. The SMILES string of the molecule is COCC(C)Oc1ccc([N+](=O)[O-])cc1C(C)O. The van der Waals surface area contributed by atoms with Gasteiger partial charge in [-0.25, -0.2) is 0 Å². The number of ether oxygens (including phenoxy) is 2. The third kappa shape index (κ3) is 3.68. The van der Waals surface area contributed by atoms with Crippen LogP contribution in [0.1, 0.15) is 25.5 Å². The number of nitro benzene ring substituents is 1. The maximum Gasteiger partial charge on any atom is 0.270 e. The molecule has 0 bridgehead atoms. The normalized spacial score (nSPS) is 14.0. The van der Waals surface area contributed by atoms with Crippen LogP contribution in [-0.4, -0.2) is 29.9 Å². The molecule has 1 N–H and O–H groups in total. The fraction of sp³-hybridized carbons (Fsp3) is 0.500. The highest BCUT2D eigenvalue weighted by Crippen LogP contribution is 2.29. The summed E-state index contributed by atoms with van der Waals surface area (Å²) in [4.78, 5) is 10.2. The molecule has 100 valence electrons. The molecule has 6 nitrogen and oxygen atoms in total. The Hall–Kier alpha value is -1.66. The van der Waals surface area contributed by atoms with Crippen LogP contribution < -0.4 is 4.74 Å². The zero-order chi connectivity index (χ0) is 13.7. The summed E-state index contributed by atoms with van der Waals surface area (Å²) in [6.45, 7) is 3.75. The second kappa shape index (κ2) is 6.32. The van der Waals surface area contributed by atoms with E-state index in [0.717, 1.165) is 0 Å². The smallest absolute Gasteiger partial charge is 0.270 e. The Kier molecular flexibility index (Phi) is 5.06. The molecule has 0 radical (unpaired) electrons. The van der Waals surface area contributed by atoms with Crippen LogP contribution in [-0.2, 0) is 4.74 Å². The molecule has 6 heteroatoms. The summed E-state index contributed by atoms with van der Waals surface area (Å²) >= 11 is 0. The van der Waals surface area contributed by atoms with Gasteiger partial charge in [0.2, 0.25) is 0 Å². The lowest BCUT2D eigenvalue weighted by molar-refractivity contribution is -0.385. The average Bonchev–Trinajstić information content (AvgIpc) is 2.29. The van der Waals surface area contributed by atoms with E-state index >= 15 is 0 Å². The van der Waals surface area contributed by atoms with E-state index in [9.17, 15) is 15.2 Å². The summed E-state index contributed by atoms with van der Waals surface area (Å²) in [5.74, 6) is 0.431. The number of non-ortho nitro benzene ring substituents is 1. The highest BCUT2D eigenvalue weighted by molar-refractivity contribution is 5.44. The first-order valence-electron chi connectivity index (χ1n) is 5.57. The van der Waals surface area contributed by atoms with Gasteiger partial charge in [0.25, 0.3) is 5.69 Å². The summed E-state index contributed by atoms with van der Waals surface area (Å²) in [5, 5.41) is 20.3. The summed E-state index contributed by atoms with van der Waals surface area (Å²) < 4.78 is 10.5. The monoisotopic (exact) mass is 255 g/mol. The third-order valence-electron chi connectivity index (χ3n) is 2.38. The molecular formula is C12H17NO5. The van der Waals surface area contributed by atoms with Gasteiger partial charge in [0.05, 0.1) is 17.6 Å². The molecule has 0 aliphatic heterocycles. The first kappa shape index (κ1) is 14.4. The molecule has 18 heavy (non-hydrogen) atoms. The number of benzene rings is 1. The molecular weight excluding hydrogens is 238 g/mol. The average molecular weight is 255 g/mol. The van der Waals surface area contributed by atoms with E-state index < -0.39 is 11.0 Å². The lowest BCUT2D eigenvalue weighted by Crippen LogP contribution is -2.19. The molecule has 0 fully saturated rings. The van der Waals surface area contributed by atoms with E-state index in [1.807, 2.05) is 6.92 Å². The minimum absolute atomic E-state index is 0.0716. The van der Waals surface area contributed by atoms with E-state index in [-0.39, 0.29) is 11.8 Å². The van der Waals surface area contributed by atoms with Crippen LogP contribution in [0, 0.1) is 10.1 Å². The zero-order valence-electron chi connectivity index (χ0n) is 10.6. The number of aliphatic hydroxyl groups is 1. The van der Waals surface area contributed by atoms with Crippen LogP contribution in [0.15, 0.2) is 18.2 Å². The molecule has 0 heterocycles. The van der Waals surface area contributed by atoms with E-state index in [2.05, 4.69) is 0 Å². The maximum absolute atomic E-state index is 10.7. The Morgan fingerprint density at radius 3 is 2.61 bits per heavy atom. The fourth-order valence-electron chi connectivity index (χ4n) is 1.57. The van der Waals surface area contributed by atoms with Crippen molar-refractivity contribution in [1.29, 1.82) is 0 Å². The molecule has 0 aliphatic carbocycles. The van der Waals surface area contributed by atoms with Gasteiger partial charge < -0.3 is 14.6 Å². The van der Waals surface area contributed by atoms with Gasteiger partial charge in [-0.2, -0.15) is 0 Å². The predicted octanol–water partition coefficient (Wildman–Crippen LogP) is 2.06. The number of rotatable bonds is 6. The summed E-state index contributed by atoms with van der Waals surface area (Å²) in [5.41, 5.74) is 0.324. The number of aliphatic hydroxyl groups excluding tert-OH is 1. The Morgan fingerprint density at radius 1 is 1.44 bits per heavy atom. The van der Waals surface area contributed by atoms with Crippen molar-refractivity contribution in [2.24, 2.45) is 0 Å². The molecule has 0 spiro atoms. The Bertz CT molecular complexity index is 419. The lowest BCUT2D eigenvalue weighted by Gasteiger charge is -2.17. The second-order valence-corrected chi connectivity index (χ2v) is 4.04. The largest absolute Gasteiger partial charge is 0.488 e. The Balaban J connectivity index is 3.00. The van der Waals surface area contributed by atoms with Gasteiger partial charge >= 0.3 is 0 Å². The Labute approximate surface area is 105 Å². The first-order chi connectivity index (χ1) is 8.45. The van der Waals surface area contributed by atoms with Gasteiger partial charge in [0, 0.05) is 24.8 Å². The highest BCUT2D eigenvalue weighted by atomic mass is 16.6. The number of nitro groups is 1. The first-order valence-corrected chi connectivity index (χ1v) is 5.57. The van der Waals surface area contributed by atoms with E-state index in [1.165, 1.54) is 25.1 Å². The molecule has 0 saturated heterocycles. The molecule has 2 atom stereocenters.